The number of halogens is 1. The molecule has 1 unspecified atom stereocenters. The Balaban J connectivity index is 1.57. The number of carbonyl (C=O) groups is 2. The Labute approximate surface area is 241 Å². The fourth-order valence-electron chi connectivity index (χ4n) is 4.01. The van der Waals surface area contributed by atoms with Crippen molar-refractivity contribution in [2.45, 2.75) is 36.6 Å². The highest BCUT2D eigenvalue weighted by Crippen LogP contribution is 2.45. The van der Waals surface area contributed by atoms with E-state index in [0.717, 1.165) is 27.6 Å². The predicted molar refractivity (Wildman–Crippen MR) is 155 cm³/mol. The van der Waals surface area contributed by atoms with Gasteiger partial charge in [-0.05, 0) is 36.1 Å². The molecule has 206 valence electrons. The van der Waals surface area contributed by atoms with Crippen molar-refractivity contribution < 1.29 is 22.7 Å². The average molecular weight is 607 g/mol. The van der Waals surface area contributed by atoms with Crippen LogP contribution in [0.5, 0.6) is 0 Å². The summed E-state index contributed by atoms with van der Waals surface area (Å²) in [4.78, 5) is 30.4. The summed E-state index contributed by atoms with van der Waals surface area (Å²) in [6.07, 6.45) is 2.71. The fourth-order valence-corrected chi connectivity index (χ4v) is 6.69. The van der Waals surface area contributed by atoms with Gasteiger partial charge in [0.25, 0.3) is 0 Å². The van der Waals surface area contributed by atoms with Crippen LogP contribution in [0.1, 0.15) is 39.5 Å². The van der Waals surface area contributed by atoms with Crippen LogP contribution >= 0.6 is 34.7 Å². The molecule has 2 heterocycles. The number of methoxy groups -OCH3 is 1. The topological polar surface area (TPSA) is 126 Å². The first-order valence-electron chi connectivity index (χ1n) is 12.0. The third-order valence-electron chi connectivity index (χ3n) is 5.92. The highest BCUT2D eigenvalue weighted by atomic mass is 35.5. The van der Waals surface area contributed by atoms with Crippen molar-refractivity contribution >= 4 is 63.3 Å². The van der Waals surface area contributed by atoms with Crippen molar-refractivity contribution in [1.29, 1.82) is 0 Å². The number of amides is 2. The summed E-state index contributed by atoms with van der Waals surface area (Å²) >= 11 is 9.15. The van der Waals surface area contributed by atoms with Gasteiger partial charge in [-0.15, -0.1) is 23.1 Å². The van der Waals surface area contributed by atoms with E-state index in [0.29, 0.717) is 17.1 Å². The van der Waals surface area contributed by atoms with Gasteiger partial charge in [-0.1, -0.05) is 60.1 Å². The van der Waals surface area contributed by atoms with Crippen LogP contribution in [0, 0.1) is 0 Å². The van der Waals surface area contributed by atoms with E-state index in [2.05, 4.69) is 15.4 Å². The zero-order valence-electron chi connectivity index (χ0n) is 20.8. The normalized spacial score (nSPS) is 16.3. The standard InChI is InChI=1S/C26H27ClN4O5S3/c1-36-26(33)30-19(13-16-5-3-2-4-6-16)24(32)28-20(14-17-7-9-18(10-8-17)31-39(34)35)25-29-21(15-37-25)22-11-12-23(27)38-22/h2-10,12,15,19-20,22,39H,11,13-14H2,1H3,(H,28,32)(H,30,33)(H,31,34,35)/t19-,20-,22?/m0/s1. The van der Waals surface area contributed by atoms with E-state index in [4.69, 9.17) is 21.3 Å². The van der Waals surface area contributed by atoms with Crippen LogP contribution in [0.15, 0.2) is 70.4 Å². The van der Waals surface area contributed by atoms with Gasteiger partial charge >= 0.3 is 6.09 Å². The molecule has 0 saturated heterocycles. The van der Waals surface area contributed by atoms with Crippen LogP contribution in [-0.4, -0.2) is 38.6 Å². The number of anilines is 1. The van der Waals surface area contributed by atoms with E-state index in [1.165, 1.54) is 18.4 Å². The number of carbonyl (C=O) groups excluding carboxylic acids is 2. The molecule has 0 radical (unpaired) electrons. The fraction of sp³-hybridized carbons (Fsp3) is 0.269. The summed E-state index contributed by atoms with van der Waals surface area (Å²) in [5, 5.41) is 8.51. The Hall–Kier alpha value is -3.06. The zero-order valence-corrected chi connectivity index (χ0v) is 24.1. The number of thiazole rings is 1. The summed E-state index contributed by atoms with van der Waals surface area (Å²) < 4.78 is 29.8. The van der Waals surface area contributed by atoms with E-state index in [9.17, 15) is 18.0 Å². The van der Waals surface area contributed by atoms with Crippen molar-refractivity contribution in [1.82, 2.24) is 15.6 Å². The van der Waals surface area contributed by atoms with Gasteiger partial charge < -0.3 is 15.4 Å². The minimum atomic E-state index is -2.77. The van der Waals surface area contributed by atoms with Crippen LogP contribution in [0.3, 0.4) is 0 Å². The van der Waals surface area contributed by atoms with Crippen LogP contribution in [0.2, 0.25) is 0 Å². The number of aromatic nitrogens is 1. The minimum absolute atomic E-state index is 0.116. The molecule has 1 aliphatic heterocycles. The van der Waals surface area contributed by atoms with Gasteiger partial charge in [0, 0.05) is 17.5 Å². The van der Waals surface area contributed by atoms with E-state index in [-0.39, 0.29) is 17.6 Å². The molecule has 3 N–H and O–H groups in total. The smallest absolute Gasteiger partial charge is 0.407 e. The highest BCUT2D eigenvalue weighted by Gasteiger charge is 2.28. The van der Waals surface area contributed by atoms with Crippen molar-refractivity contribution in [3.05, 3.63) is 92.2 Å². The number of thioether (sulfide) groups is 1. The molecule has 0 fully saturated rings. The van der Waals surface area contributed by atoms with E-state index >= 15 is 0 Å². The number of hydrogen-bond donors (Lipinski definition) is 4. The molecule has 0 bridgehead atoms. The highest BCUT2D eigenvalue weighted by molar-refractivity contribution is 8.05. The molecule has 2 amide bonds. The number of allylic oxidation sites excluding steroid dienone is 1. The number of nitrogens with zero attached hydrogens (tertiary/aromatic N) is 1. The minimum Gasteiger partial charge on any atom is -0.453 e. The summed E-state index contributed by atoms with van der Waals surface area (Å²) in [6.45, 7) is 0. The number of thiol groups is 1. The summed E-state index contributed by atoms with van der Waals surface area (Å²) in [5.74, 6) is -0.382. The van der Waals surface area contributed by atoms with Gasteiger partial charge in [0.1, 0.15) is 11.0 Å². The van der Waals surface area contributed by atoms with Gasteiger partial charge in [0.15, 0.2) is 0 Å². The second-order valence-electron chi connectivity index (χ2n) is 8.67. The summed E-state index contributed by atoms with van der Waals surface area (Å²) in [6, 6.07) is 14.9. The number of ether oxygens (including phenoxy) is 1. The maximum atomic E-state index is 13.5. The Morgan fingerprint density at radius 2 is 1.79 bits per heavy atom. The van der Waals surface area contributed by atoms with E-state index < -0.39 is 29.1 Å². The van der Waals surface area contributed by atoms with Crippen LogP contribution in [-0.2, 0) is 33.3 Å². The maximum absolute atomic E-state index is 13.5. The molecule has 39 heavy (non-hydrogen) atoms. The molecule has 3 aromatic rings. The zero-order chi connectivity index (χ0) is 27.8. The lowest BCUT2D eigenvalue weighted by atomic mass is 10.0. The number of rotatable bonds is 11. The third kappa shape index (κ3) is 8.46. The first-order valence-corrected chi connectivity index (χ1v) is 15.3. The molecule has 9 nitrogen and oxygen atoms in total. The van der Waals surface area contributed by atoms with Crippen LogP contribution < -0.4 is 15.4 Å². The molecule has 0 aliphatic carbocycles. The van der Waals surface area contributed by atoms with Crippen molar-refractivity contribution in [3.63, 3.8) is 0 Å². The molecule has 4 rings (SSSR count). The lowest BCUT2D eigenvalue weighted by Crippen LogP contribution is -2.49. The molecule has 0 spiro atoms. The van der Waals surface area contributed by atoms with Crippen LogP contribution in [0.25, 0.3) is 0 Å². The third-order valence-corrected chi connectivity index (χ3v) is 8.87. The van der Waals surface area contributed by atoms with Crippen LogP contribution in [0.4, 0.5) is 10.5 Å². The predicted octanol–water partition coefficient (Wildman–Crippen LogP) is 4.71. The Kier molecular flexibility index (Phi) is 10.3. The monoisotopic (exact) mass is 606 g/mol. The number of alkyl carbamates (subject to hydrolysis) is 1. The molecule has 3 atom stereocenters. The quantitative estimate of drug-likeness (QED) is 0.233. The van der Waals surface area contributed by atoms with Gasteiger partial charge in [0.2, 0.25) is 16.8 Å². The Bertz CT molecular complexity index is 1390. The van der Waals surface area contributed by atoms with Gasteiger partial charge in [-0.3, -0.25) is 9.52 Å². The molecule has 13 heteroatoms. The molecule has 2 aromatic carbocycles. The average Bonchev–Trinajstić information content (AvgIpc) is 3.58. The van der Waals surface area contributed by atoms with Gasteiger partial charge in [-0.25, -0.2) is 18.2 Å². The molecular formula is C26H27ClN4O5S3. The first kappa shape index (κ1) is 28.9. The molecular weight excluding hydrogens is 580 g/mol. The largest absolute Gasteiger partial charge is 0.453 e. The first-order chi connectivity index (χ1) is 18.8. The number of nitrogens with one attached hydrogen (secondary N) is 3. The van der Waals surface area contributed by atoms with Crippen molar-refractivity contribution in [2.24, 2.45) is 0 Å². The second-order valence-corrected chi connectivity index (χ2v) is 12.2. The molecule has 0 saturated carbocycles. The molecule has 1 aromatic heterocycles. The lowest BCUT2D eigenvalue weighted by molar-refractivity contribution is -0.123. The molecule has 1 aliphatic rings. The maximum Gasteiger partial charge on any atom is 0.407 e. The Morgan fingerprint density at radius 1 is 1.08 bits per heavy atom. The number of hydrogen-bond acceptors (Lipinski definition) is 8. The van der Waals surface area contributed by atoms with Gasteiger partial charge in [0.05, 0.1) is 28.5 Å². The summed E-state index contributed by atoms with van der Waals surface area (Å²) in [5.41, 5.74) is 3.08. The van der Waals surface area contributed by atoms with Gasteiger partial charge in [-0.2, -0.15) is 0 Å². The Morgan fingerprint density at radius 3 is 2.44 bits per heavy atom. The lowest BCUT2D eigenvalue weighted by Gasteiger charge is -2.22. The van der Waals surface area contributed by atoms with E-state index in [1.807, 2.05) is 41.8 Å². The van der Waals surface area contributed by atoms with E-state index in [1.54, 1.807) is 36.0 Å². The van der Waals surface area contributed by atoms with Crippen molar-refractivity contribution in [3.8, 4) is 0 Å². The number of benzene rings is 2. The summed E-state index contributed by atoms with van der Waals surface area (Å²) in [7, 11) is -1.52. The van der Waals surface area contributed by atoms with Crippen molar-refractivity contribution in [2.75, 3.05) is 11.8 Å². The SMILES string of the molecule is COC(=O)N[C@@H](Cc1ccccc1)C(=O)N[C@@H](Cc1ccc(N[SH](=O)=O)cc1)c1nc(C2CC=C(Cl)S2)cs1. The second kappa shape index (κ2) is 13.8.